The van der Waals surface area contributed by atoms with E-state index >= 15 is 0 Å². The molecule has 0 heterocycles. The Morgan fingerprint density at radius 2 is 2.13 bits per heavy atom. The fourth-order valence-electron chi connectivity index (χ4n) is 1.52. The van der Waals surface area contributed by atoms with E-state index < -0.39 is 15.5 Å². The number of halogens is 4. The molecule has 0 aliphatic rings. The standard InChI is InChI=1S/C13H14ClF3N2O3S/c1-3-7-22-18-11(4-2)10-8-9(14)5-6-12(10)19-23(20,21)13(15,16)17/h3,5-6,8,19H,1,4,7H2,2H3/b18-11+. The summed E-state index contributed by atoms with van der Waals surface area (Å²) in [6.07, 6.45) is 1.71. The molecule has 0 aliphatic heterocycles. The van der Waals surface area contributed by atoms with Gasteiger partial charge in [-0.15, -0.1) is 0 Å². The Kier molecular flexibility index (Phi) is 6.46. The maximum atomic E-state index is 12.5. The molecule has 128 valence electrons. The molecule has 0 spiro atoms. The van der Waals surface area contributed by atoms with E-state index in [4.69, 9.17) is 16.4 Å². The zero-order valence-corrected chi connectivity index (χ0v) is 13.6. The van der Waals surface area contributed by atoms with E-state index in [0.29, 0.717) is 0 Å². The van der Waals surface area contributed by atoms with Crippen LogP contribution in [0.2, 0.25) is 5.02 Å². The normalized spacial score (nSPS) is 12.8. The lowest BCUT2D eigenvalue weighted by molar-refractivity contribution is -0.0429. The highest BCUT2D eigenvalue weighted by molar-refractivity contribution is 7.93. The Morgan fingerprint density at radius 3 is 2.65 bits per heavy atom. The minimum atomic E-state index is -5.56. The van der Waals surface area contributed by atoms with E-state index in [1.54, 1.807) is 6.92 Å². The van der Waals surface area contributed by atoms with Crippen molar-refractivity contribution in [2.75, 3.05) is 11.3 Å². The van der Waals surface area contributed by atoms with E-state index in [-0.39, 0.29) is 35.0 Å². The molecule has 0 aliphatic carbocycles. The Hall–Kier alpha value is -1.74. The van der Waals surface area contributed by atoms with E-state index in [2.05, 4.69) is 11.7 Å². The van der Waals surface area contributed by atoms with Gasteiger partial charge in [0.25, 0.3) is 0 Å². The predicted octanol–water partition coefficient (Wildman–Crippen LogP) is 3.92. The highest BCUT2D eigenvalue weighted by Gasteiger charge is 2.46. The molecule has 1 rings (SSSR count). The number of anilines is 1. The highest BCUT2D eigenvalue weighted by Crippen LogP contribution is 2.29. The SMILES string of the molecule is C=CCO/N=C(\CC)c1cc(Cl)ccc1NS(=O)(=O)C(F)(F)F. The number of nitrogens with zero attached hydrogens (tertiary/aromatic N) is 1. The summed E-state index contributed by atoms with van der Waals surface area (Å²) in [5, 5.41) is 3.98. The molecule has 0 fully saturated rings. The van der Waals surface area contributed by atoms with Gasteiger partial charge in [0.1, 0.15) is 6.61 Å². The monoisotopic (exact) mass is 370 g/mol. The Morgan fingerprint density at radius 1 is 1.48 bits per heavy atom. The zero-order valence-electron chi connectivity index (χ0n) is 12.0. The lowest BCUT2D eigenvalue weighted by Crippen LogP contribution is -2.30. The maximum Gasteiger partial charge on any atom is 0.516 e. The summed E-state index contributed by atoms with van der Waals surface area (Å²) in [7, 11) is -5.56. The summed E-state index contributed by atoms with van der Waals surface area (Å²) < 4.78 is 61.6. The highest BCUT2D eigenvalue weighted by atomic mass is 35.5. The Bertz CT molecular complexity index is 703. The largest absolute Gasteiger partial charge is 0.516 e. The summed E-state index contributed by atoms with van der Waals surface area (Å²) in [5.74, 6) is 0. The van der Waals surface area contributed by atoms with Crippen LogP contribution in [0.5, 0.6) is 0 Å². The van der Waals surface area contributed by atoms with Crippen LogP contribution >= 0.6 is 11.6 Å². The van der Waals surface area contributed by atoms with Crippen LogP contribution in [0.15, 0.2) is 36.0 Å². The van der Waals surface area contributed by atoms with Crippen molar-refractivity contribution in [2.45, 2.75) is 18.9 Å². The van der Waals surface area contributed by atoms with Gasteiger partial charge in [-0.3, -0.25) is 4.72 Å². The second-order valence-electron chi connectivity index (χ2n) is 4.22. The molecular formula is C13H14ClF3N2O3S. The van der Waals surface area contributed by atoms with Crippen molar-refractivity contribution in [3.05, 3.63) is 41.4 Å². The average Bonchev–Trinajstić information content (AvgIpc) is 2.44. The Balaban J connectivity index is 3.30. The third kappa shape index (κ3) is 5.14. The lowest BCUT2D eigenvalue weighted by atomic mass is 10.1. The van der Waals surface area contributed by atoms with Crippen LogP contribution in [-0.4, -0.2) is 26.2 Å². The molecule has 0 unspecified atom stereocenters. The van der Waals surface area contributed by atoms with Gasteiger partial charge in [-0.05, 0) is 24.6 Å². The number of rotatable bonds is 7. The molecule has 0 saturated heterocycles. The summed E-state index contributed by atoms with van der Waals surface area (Å²) in [5.41, 5.74) is -5.41. The number of benzene rings is 1. The van der Waals surface area contributed by atoms with Gasteiger partial charge in [-0.1, -0.05) is 36.3 Å². The van der Waals surface area contributed by atoms with Crippen LogP contribution in [0.4, 0.5) is 18.9 Å². The average molecular weight is 371 g/mol. The molecule has 0 atom stereocenters. The zero-order chi connectivity index (χ0) is 17.7. The summed E-state index contributed by atoms with van der Waals surface area (Å²) >= 11 is 5.83. The molecule has 10 heteroatoms. The summed E-state index contributed by atoms with van der Waals surface area (Å²) in [6.45, 7) is 5.20. The number of alkyl halides is 3. The smallest absolute Gasteiger partial charge is 0.391 e. The van der Waals surface area contributed by atoms with Gasteiger partial charge >= 0.3 is 15.5 Å². The van der Waals surface area contributed by atoms with E-state index in [9.17, 15) is 21.6 Å². The van der Waals surface area contributed by atoms with Crippen molar-refractivity contribution in [3.63, 3.8) is 0 Å². The van der Waals surface area contributed by atoms with Gasteiger partial charge in [0.2, 0.25) is 0 Å². The quantitative estimate of drug-likeness (QED) is 0.342. The van der Waals surface area contributed by atoms with Gasteiger partial charge in [0.15, 0.2) is 0 Å². The second-order valence-corrected chi connectivity index (χ2v) is 6.33. The first-order valence-corrected chi connectivity index (χ1v) is 8.17. The molecule has 0 radical (unpaired) electrons. The van der Waals surface area contributed by atoms with E-state index in [0.717, 1.165) is 6.07 Å². The lowest BCUT2D eigenvalue weighted by Gasteiger charge is -2.15. The van der Waals surface area contributed by atoms with Crippen molar-refractivity contribution >= 4 is 33.0 Å². The number of oxime groups is 1. The molecule has 1 aromatic carbocycles. The van der Waals surface area contributed by atoms with Crippen molar-refractivity contribution in [2.24, 2.45) is 5.16 Å². The van der Waals surface area contributed by atoms with Crippen LogP contribution in [0.25, 0.3) is 0 Å². The van der Waals surface area contributed by atoms with Crippen molar-refractivity contribution in [3.8, 4) is 0 Å². The molecule has 0 saturated carbocycles. The first-order chi connectivity index (χ1) is 10.6. The summed E-state index contributed by atoms with van der Waals surface area (Å²) in [6, 6.07) is 3.69. The fourth-order valence-corrected chi connectivity index (χ4v) is 2.27. The molecule has 0 aromatic heterocycles. The molecule has 5 nitrogen and oxygen atoms in total. The maximum absolute atomic E-state index is 12.5. The van der Waals surface area contributed by atoms with Gasteiger partial charge < -0.3 is 4.84 Å². The van der Waals surface area contributed by atoms with Crippen LogP contribution in [0.3, 0.4) is 0 Å². The topological polar surface area (TPSA) is 67.8 Å². The molecule has 1 aromatic rings. The predicted molar refractivity (Wildman–Crippen MR) is 83.0 cm³/mol. The number of sulfonamides is 1. The van der Waals surface area contributed by atoms with Gasteiger partial charge in [-0.2, -0.15) is 21.6 Å². The summed E-state index contributed by atoms with van der Waals surface area (Å²) in [4.78, 5) is 4.91. The van der Waals surface area contributed by atoms with Crippen molar-refractivity contribution < 1.29 is 26.4 Å². The second kappa shape index (κ2) is 7.69. The van der Waals surface area contributed by atoms with Crippen molar-refractivity contribution in [1.29, 1.82) is 0 Å². The minimum absolute atomic E-state index is 0.0909. The van der Waals surface area contributed by atoms with Crippen LogP contribution in [0, 0.1) is 0 Å². The van der Waals surface area contributed by atoms with Gasteiger partial charge in [-0.25, -0.2) is 0 Å². The first-order valence-electron chi connectivity index (χ1n) is 6.31. The van der Waals surface area contributed by atoms with Crippen LogP contribution < -0.4 is 4.72 Å². The molecule has 0 bridgehead atoms. The third-order valence-electron chi connectivity index (χ3n) is 2.54. The number of nitrogens with one attached hydrogen (secondary N) is 1. The number of hydrogen-bond acceptors (Lipinski definition) is 4. The van der Waals surface area contributed by atoms with E-state index in [1.807, 2.05) is 0 Å². The first kappa shape index (κ1) is 19.3. The molecule has 0 amide bonds. The minimum Gasteiger partial charge on any atom is -0.391 e. The molecular weight excluding hydrogens is 357 g/mol. The molecule has 1 N–H and O–H groups in total. The van der Waals surface area contributed by atoms with Crippen molar-refractivity contribution in [1.82, 2.24) is 0 Å². The van der Waals surface area contributed by atoms with Gasteiger partial charge in [0.05, 0.1) is 11.4 Å². The van der Waals surface area contributed by atoms with Gasteiger partial charge in [0, 0.05) is 10.6 Å². The van der Waals surface area contributed by atoms with Crippen LogP contribution in [-0.2, 0) is 14.9 Å². The van der Waals surface area contributed by atoms with Crippen LogP contribution in [0.1, 0.15) is 18.9 Å². The Labute approximate surface area is 136 Å². The number of hydrogen-bond donors (Lipinski definition) is 1. The van der Waals surface area contributed by atoms with E-state index in [1.165, 1.54) is 22.9 Å². The third-order valence-corrected chi connectivity index (χ3v) is 3.88. The molecule has 23 heavy (non-hydrogen) atoms. The fraction of sp³-hybridized carbons (Fsp3) is 0.308.